The van der Waals surface area contributed by atoms with Gasteiger partial charge in [-0.3, -0.25) is 14.1 Å². The molecular weight excluding hydrogens is 588 g/mol. The summed E-state index contributed by atoms with van der Waals surface area (Å²) in [5.41, 5.74) is 0.592. The van der Waals surface area contributed by atoms with Crippen LogP contribution >= 0.6 is 0 Å². The molecule has 17 nitrogen and oxygen atoms in total. The van der Waals surface area contributed by atoms with Crippen LogP contribution < -0.4 is 10.6 Å². The SMILES string of the molecule is CO[C@@H]1C(C(=O)NCCc2ccc(O)c(O)c2)O[C@@H](O[C@@H]2C(NC(C)=O)[C@H](C)OC(COS(=O)(=O)O)[C@@H]2O)C(O)[C@H]1O. The van der Waals surface area contributed by atoms with Crippen LogP contribution in [0.4, 0.5) is 0 Å². The first-order chi connectivity index (χ1) is 19.6. The Kier molecular flexibility index (Phi) is 11.5. The van der Waals surface area contributed by atoms with E-state index >= 15 is 0 Å². The molecule has 0 saturated carbocycles. The van der Waals surface area contributed by atoms with E-state index in [1.807, 2.05) is 0 Å². The van der Waals surface area contributed by atoms with Gasteiger partial charge in [-0.05, 0) is 31.0 Å². The van der Waals surface area contributed by atoms with Crippen LogP contribution in [0.15, 0.2) is 18.2 Å². The van der Waals surface area contributed by atoms with Crippen molar-refractivity contribution in [3.8, 4) is 11.5 Å². The van der Waals surface area contributed by atoms with Crippen molar-refractivity contribution in [1.82, 2.24) is 10.6 Å². The van der Waals surface area contributed by atoms with Gasteiger partial charge in [0.1, 0.15) is 36.6 Å². The Hall–Kier alpha value is -2.65. The number of phenolic OH excluding ortho intramolecular Hbond substituents is 2. The second-order valence-corrected chi connectivity index (χ2v) is 11.0. The minimum Gasteiger partial charge on any atom is -0.504 e. The smallest absolute Gasteiger partial charge is 0.397 e. The number of carbonyl (C=O) groups excluding carboxylic acids is 2. The highest BCUT2D eigenvalue weighted by Gasteiger charge is 2.52. The highest BCUT2D eigenvalue weighted by Crippen LogP contribution is 2.30. The van der Waals surface area contributed by atoms with Gasteiger partial charge in [-0.1, -0.05) is 6.07 Å². The summed E-state index contributed by atoms with van der Waals surface area (Å²) >= 11 is 0. The second kappa shape index (κ2) is 14.2. The molecule has 42 heavy (non-hydrogen) atoms. The third-order valence-electron chi connectivity index (χ3n) is 6.84. The number of carbonyl (C=O) groups is 2. The van der Waals surface area contributed by atoms with Gasteiger partial charge in [0, 0.05) is 20.6 Å². The number of rotatable bonds is 11. The molecular formula is C24H36N2O15S. The van der Waals surface area contributed by atoms with Crippen LogP contribution in [0.3, 0.4) is 0 Å². The number of aliphatic hydroxyl groups is 3. The number of phenols is 2. The molecule has 0 spiro atoms. The molecule has 1 aromatic rings. The highest BCUT2D eigenvalue weighted by atomic mass is 32.3. The Bertz CT molecular complexity index is 1200. The lowest BCUT2D eigenvalue weighted by molar-refractivity contribution is -0.325. The van der Waals surface area contributed by atoms with E-state index < -0.39 is 90.0 Å². The molecule has 2 aliphatic rings. The maximum Gasteiger partial charge on any atom is 0.397 e. The normalized spacial score (nSPS) is 33.6. The third kappa shape index (κ3) is 8.47. The molecule has 10 atom stereocenters. The van der Waals surface area contributed by atoms with Gasteiger partial charge in [-0.15, -0.1) is 0 Å². The first kappa shape index (κ1) is 33.8. The zero-order chi connectivity index (χ0) is 31.4. The van der Waals surface area contributed by atoms with Crippen molar-refractivity contribution in [2.75, 3.05) is 20.3 Å². The fourth-order valence-corrected chi connectivity index (χ4v) is 5.06. The van der Waals surface area contributed by atoms with Gasteiger partial charge < -0.3 is 55.1 Å². The quantitative estimate of drug-likeness (QED) is 0.0906. The van der Waals surface area contributed by atoms with Gasteiger partial charge in [-0.2, -0.15) is 8.42 Å². The van der Waals surface area contributed by atoms with Gasteiger partial charge in [0.25, 0.3) is 5.91 Å². The van der Waals surface area contributed by atoms with E-state index in [-0.39, 0.29) is 24.5 Å². The zero-order valence-electron chi connectivity index (χ0n) is 22.9. The Morgan fingerprint density at radius 3 is 2.31 bits per heavy atom. The number of hydrogen-bond acceptors (Lipinski definition) is 14. The summed E-state index contributed by atoms with van der Waals surface area (Å²) in [5.74, 6) is -1.95. The summed E-state index contributed by atoms with van der Waals surface area (Å²) in [6.07, 6.45) is -13.4. The number of benzene rings is 1. The van der Waals surface area contributed by atoms with Gasteiger partial charge in [-0.25, -0.2) is 4.18 Å². The van der Waals surface area contributed by atoms with Crippen LogP contribution in [0.5, 0.6) is 11.5 Å². The number of aliphatic hydroxyl groups excluding tert-OH is 3. The fraction of sp³-hybridized carbons (Fsp3) is 0.667. The second-order valence-electron chi connectivity index (χ2n) is 9.88. The Balaban J connectivity index is 1.76. The maximum absolute atomic E-state index is 13.0. The maximum atomic E-state index is 13.0. The average Bonchev–Trinajstić information content (AvgIpc) is 2.90. The molecule has 0 bridgehead atoms. The van der Waals surface area contributed by atoms with Crippen molar-refractivity contribution in [3.05, 3.63) is 23.8 Å². The van der Waals surface area contributed by atoms with E-state index in [1.54, 1.807) is 6.07 Å². The van der Waals surface area contributed by atoms with E-state index in [4.69, 9.17) is 23.5 Å². The summed E-state index contributed by atoms with van der Waals surface area (Å²) in [6, 6.07) is 3.07. The Morgan fingerprint density at radius 2 is 1.71 bits per heavy atom. The topological polar surface area (TPSA) is 260 Å². The van der Waals surface area contributed by atoms with Gasteiger partial charge in [0.2, 0.25) is 5.91 Å². The van der Waals surface area contributed by atoms with Crippen molar-refractivity contribution >= 4 is 22.2 Å². The molecule has 0 aliphatic carbocycles. The van der Waals surface area contributed by atoms with Crippen molar-refractivity contribution in [1.29, 1.82) is 0 Å². The van der Waals surface area contributed by atoms with Crippen LogP contribution in [0.1, 0.15) is 19.4 Å². The minimum atomic E-state index is -4.89. The van der Waals surface area contributed by atoms with Gasteiger partial charge in [0.15, 0.2) is 23.9 Å². The van der Waals surface area contributed by atoms with Crippen LogP contribution in [-0.4, -0.2) is 132 Å². The molecule has 238 valence electrons. The summed E-state index contributed by atoms with van der Waals surface area (Å²) < 4.78 is 57.6. The molecule has 2 fully saturated rings. The molecule has 0 aromatic heterocycles. The molecule has 2 heterocycles. The fourth-order valence-electron chi connectivity index (χ4n) is 4.76. The van der Waals surface area contributed by atoms with Crippen LogP contribution in [0.25, 0.3) is 0 Å². The number of methoxy groups -OCH3 is 1. The minimum absolute atomic E-state index is 0.0414. The number of hydrogen-bond donors (Lipinski definition) is 8. The first-order valence-corrected chi connectivity index (χ1v) is 14.2. The third-order valence-corrected chi connectivity index (χ3v) is 7.27. The number of aromatic hydroxyl groups is 2. The number of amides is 2. The van der Waals surface area contributed by atoms with Crippen molar-refractivity contribution in [2.24, 2.45) is 0 Å². The van der Waals surface area contributed by atoms with Crippen LogP contribution in [0, 0.1) is 0 Å². The standard InChI is InChI=1S/C24H36N2O15S/c1-10-16(26-11(2)27)20(17(30)15(39-10)9-38-42(34,35)36)40-24-19(32)18(31)21(37-3)22(41-24)23(33)25-7-6-12-4-5-13(28)14(29)8-12/h4-5,8,10,15-22,24,28-32H,6-7,9H2,1-3H3,(H,25,33)(H,26,27)(H,34,35,36)/t10-,15?,16?,17-,18+,19?,20+,21-,22?,24+/m0/s1. The predicted octanol–water partition coefficient (Wildman–Crippen LogP) is -2.92. The molecule has 8 N–H and O–H groups in total. The van der Waals surface area contributed by atoms with E-state index in [0.717, 1.165) is 0 Å². The Labute approximate surface area is 241 Å². The lowest BCUT2D eigenvalue weighted by atomic mass is 9.92. The molecule has 3 rings (SSSR count). The zero-order valence-corrected chi connectivity index (χ0v) is 23.7. The van der Waals surface area contributed by atoms with E-state index in [0.29, 0.717) is 5.56 Å². The number of nitrogens with one attached hydrogen (secondary N) is 2. The van der Waals surface area contributed by atoms with E-state index in [9.17, 15) is 43.5 Å². The summed E-state index contributed by atoms with van der Waals surface area (Å²) in [7, 11) is -3.71. The van der Waals surface area contributed by atoms with E-state index in [2.05, 4.69) is 14.8 Å². The van der Waals surface area contributed by atoms with Crippen molar-refractivity contribution in [3.63, 3.8) is 0 Å². The molecule has 2 saturated heterocycles. The van der Waals surface area contributed by atoms with Crippen molar-refractivity contribution in [2.45, 2.75) is 81.4 Å². The average molecular weight is 625 g/mol. The van der Waals surface area contributed by atoms with Crippen molar-refractivity contribution < 1.29 is 71.2 Å². The number of ether oxygens (including phenoxy) is 4. The lowest BCUT2D eigenvalue weighted by Gasteiger charge is -2.47. The lowest BCUT2D eigenvalue weighted by Crippen LogP contribution is -2.68. The molecule has 1 aromatic carbocycles. The molecule has 2 amide bonds. The first-order valence-electron chi connectivity index (χ1n) is 12.8. The predicted molar refractivity (Wildman–Crippen MR) is 138 cm³/mol. The van der Waals surface area contributed by atoms with E-state index in [1.165, 1.54) is 33.1 Å². The summed E-state index contributed by atoms with van der Waals surface area (Å²) in [5, 5.41) is 56.6. The molecule has 0 radical (unpaired) electrons. The van der Waals surface area contributed by atoms with Gasteiger partial charge >= 0.3 is 10.4 Å². The monoisotopic (exact) mass is 624 g/mol. The molecule has 4 unspecified atom stereocenters. The highest BCUT2D eigenvalue weighted by molar-refractivity contribution is 7.80. The summed E-state index contributed by atoms with van der Waals surface area (Å²) in [6.45, 7) is 1.87. The van der Waals surface area contributed by atoms with Crippen LogP contribution in [-0.2, 0) is 49.5 Å². The van der Waals surface area contributed by atoms with Crippen LogP contribution in [0.2, 0.25) is 0 Å². The molecule has 2 aliphatic heterocycles. The largest absolute Gasteiger partial charge is 0.504 e. The summed E-state index contributed by atoms with van der Waals surface area (Å²) in [4.78, 5) is 24.9. The van der Waals surface area contributed by atoms with Gasteiger partial charge in [0.05, 0.1) is 18.8 Å². The molecule has 18 heteroatoms. The Morgan fingerprint density at radius 1 is 1.02 bits per heavy atom.